The Morgan fingerprint density at radius 3 is 1.68 bits per heavy atom. The molecule has 0 aliphatic carbocycles. The Morgan fingerprint density at radius 1 is 0.356 bits per heavy atom. The van der Waals surface area contributed by atoms with Crippen molar-refractivity contribution in [1.29, 1.82) is 0 Å². The summed E-state index contributed by atoms with van der Waals surface area (Å²) in [4.78, 5) is 5.24. The molecule has 0 radical (unpaired) electrons. The topological polar surface area (TPSA) is 17.3 Å². The molecule has 0 saturated carbocycles. The third kappa shape index (κ3) is 5.01. The maximum absolute atomic E-state index is 5.24. The van der Waals surface area contributed by atoms with Crippen molar-refractivity contribution in [2.75, 3.05) is 0 Å². The van der Waals surface area contributed by atoms with Crippen LogP contribution in [0.15, 0.2) is 194 Å². The van der Waals surface area contributed by atoms with Crippen LogP contribution in [-0.2, 0) is 0 Å². The fraction of sp³-hybridized carbons (Fsp3) is 0. The monoisotopic (exact) mass is 784 g/mol. The van der Waals surface area contributed by atoms with Crippen LogP contribution in [0.5, 0.6) is 0 Å². The SMILES string of the molecule is c1ccc2cc3c(cc2c1)sc1c3cc(-c2ccc(-c3ccc(-c4ccc(-c5cccc6c5sc5ccccc56)cc4)c4ccccc34)cc2)n2c3ccccc3nc12. The lowest BCUT2D eigenvalue weighted by Crippen LogP contribution is -1.93. The lowest BCUT2D eigenvalue weighted by molar-refractivity contribution is 1.25. The minimum Gasteiger partial charge on any atom is -0.291 e. The van der Waals surface area contributed by atoms with Crippen molar-refractivity contribution in [2.24, 2.45) is 0 Å². The Balaban J connectivity index is 0.906. The van der Waals surface area contributed by atoms with E-state index in [0.29, 0.717) is 0 Å². The first-order valence-corrected chi connectivity index (χ1v) is 21.7. The Morgan fingerprint density at radius 2 is 0.932 bits per heavy atom. The number of para-hydroxylation sites is 2. The standard InChI is InChI=1S/C55H32N2S2/c1-2-11-38-31-52-46(30-37(38)10-1)47-32-50(57-49-18-7-6-17-48(49)56-55(57)54(47)59-52)36-26-24-34(25-27-36)40-29-28-39(42-12-3-4-13-43(40)42)33-20-22-35(23-21-33)41-15-9-16-45-44-14-5-8-19-51(44)58-53(41)45/h1-32H. The van der Waals surface area contributed by atoms with E-state index in [4.69, 9.17) is 4.98 Å². The van der Waals surface area contributed by atoms with E-state index in [0.717, 1.165) is 27.9 Å². The molecule has 0 unspecified atom stereocenters. The van der Waals surface area contributed by atoms with Crippen LogP contribution in [0.2, 0.25) is 0 Å². The zero-order valence-corrected chi connectivity index (χ0v) is 33.3. The van der Waals surface area contributed by atoms with Crippen LogP contribution in [0.4, 0.5) is 0 Å². The molecule has 4 aromatic heterocycles. The largest absolute Gasteiger partial charge is 0.291 e. The molecular weight excluding hydrogens is 753 g/mol. The zero-order valence-electron chi connectivity index (χ0n) is 31.7. The molecule has 13 aromatic rings. The van der Waals surface area contributed by atoms with E-state index in [1.807, 2.05) is 22.7 Å². The van der Waals surface area contributed by atoms with E-state index >= 15 is 0 Å². The van der Waals surface area contributed by atoms with Gasteiger partial charge in [-0.15, -0.1) is 22.7 Å². The van der Waals surface area contributed by atoms with Crippen molar-refractivity contribution < 1.29 is 0 Å². The van der Waals surface area contributed by atoms with Gasteiger partial charge in [0.1, 0.15) is 0 Å². The van der Waals surface area contributed by atoms with Crippen LogP contribution in [0.1, 0.15) is 0 Å². The first-order chi connectivity index (χ1) is 29.2. The third-order valence-electron chi connectivity index (χ3n) is 12.2. The van der Waals surface area contributed by atoms with Gasteiger partial charge in [0.05, 0.1) is 21.4 Å². The number of imidazole rings is 1. The van der Waals surface area contributed by atoms with Crippen molar-refractivity contribution >= 4 is 101 Å². The minimum absolute atomic E-state index is 1.01. The molecule has 4 heterocycles. The van der Waals surface area contributed by atoms with E-state index in [9.17, 15) is 0 Å². The maximum Gasteiger partial charge on any atom is 0.156 e. The summed E-state index contributed by atoms with van der Waals surface area (Å²) >= 11 is 3.73. The highest BCUT2D eigenvalue weighted by molar-refractivity contribution is 7.27. The van der Waals surface area contributed by atoms with Gasteiger partial charge in [0.2, 0.25) is 0 Å². The number of pyridine rings is 1. The van der Waals surface area contributed by atoms with Gasteiger partial charge in [0.25, 0.3) is 0 Å². The molecule has 274 valence electrons. The highest BCUT2D eigenvalue weighted by atomic mass is 32.1. The molecule has 0 N–H and O–H groups in total. The molecule has 0 aliphatic rings. The molecule has 0 saturated heterocycles. The fourth-order valence-electron chi connectivity index (χ4n) is 9.37. The molecule has 0 spiro atoms. The molecule has 0 aliphatic heterocycles. The Hall–Kier alpha value is -7.11. The van der Waals surface area contributed by atoms with Crippen LogP contribution in [0.25, 0.3) is 123 Å². The predicted molar refractivity (Wildman–Crippen MR) is 255 cm³/mol. The van der Waals surface area contributed by atoms with E-state index in [-0.39, 0.29) is 0 Å². The summed E-state index contributed by atoms with van der Waals surface area (Å²) in [6.45, 7) is 0. The Bertz CT molecular complexity index is 3830. The van der Waals surface area contributed by atoms with Gasteiger partial charge in [0, 0.05) is 35.6 Å². The first-order valence-electron chi connectivity index (χ1n) is 20.0. The summed E-state index contributed by atoms with van der Waals surface area (Å²) in [6, 6.07) is 71.4. The normalized spacial score (nSPS) is 12.1. The van der Waals surface area contributed by atoms with Gasteiger partial charge < -0.3 is 0 Å². The summed E-state index contributed by atoms with van der Waals surface area (Å²) in [6.07, 6.45) is 0. The predicted octanol–water partition coefficient (Wildman–Crippen LogP) is 16.2. The quantitative estimate of drug-likeness (QED) is 0.174. The Labute approximate surface area is 347 Å². The van der Waals surface area contributed by atoms with Crippen LogP contribution in [-0.4, -0.2) is 9.38 Å². The Kier molecular flexibility index (Phi) is 7.08. The lowest BCUT2D eigenvalue weighted by atomic mass is 9.91. The average molecular weight is 785 g/mol. The molecule has 0 fully saturated rings. The van der Waals surface area contributed by atoms with Crippen LogP contribution in [0.3, 0.4) is 0 Å². The second-order valence-corrected chi connectivity index (χ2v) is 17.6. The second-order valence-electron chi connectivity index (χ2n) is 15.5. The van der Waals surface area contributed by atoms with Gasteiger partial charge in [-0.2, -0.15) is 0 Å². The first kappa shape index (κ1) is 32.9. The lowest BCUT2D eigenvalue weighted by Gasteiger charge is -2.14. The van der Waals surface area contributed by atoms with E-state index in [2.05, 4.69) is 199 Å². The van der Waals surface area contributed by atoms with E-state index in [1.165, 1.54) is 95.3 Å². The molecule has 0 atom stereocenters. The summed E-state index contributed by atoms with van der Waals surface area (Å²) < 4.78 is 7.55. The zero-order chi connectivity index (χ0) is 38.6. The number of hydrogen-bond acceptors (Lipinski definition) is 3. The number of nitrogens with zero attached hydrogens (tertiary/aromatic N) is 2. The third-order valence-corrected chi connectivity index (χ3v) is 14.6. The molecule has 4 heteroatoms. The maximum atomic E-state index is 5.24. The number of hydrogen-bond donors (Lipinski definition) is 0. The van der Waals surface area contributed by atoms with Gasteiger partial charge in [-0.05, 0) is 96.9 Å². The molecule has 13 rings (SSSR count). The molecular formula is C55H32N2S2. The van der Waals surface area contributed by atoms with Gasteiger partial charge in [-0.25, -0.2) is 4.98 Å². The minimum atomic E-state index is 1.01. The van der Waals surface area contributed by atoms with Gasteiger partial charge in [0.15, 0.2) is 5.65 Å². The van der Waals surface area contributed by atoms with E-state index < -0.39 is 0 Å². The molecule has 59 heavy (non-hydrogen) atoms. The van der Waals surface area contributed by atoms with Crippen molar-refractivity contribution in [1.82, 2.24) is 9.38 Å². The van der Waals surface area contributed by atoms with Gasteiger partial charge >= 0.3 is 0 Å². The summed E-state index contributed by atoms with van der Waals surface area (Å²) in [5, 5.41) is 10.2. The van der Waals surface area contributed by atoms with E-state index in [1.54, 1.807) is 0 Å². The molecule has 2 nitrogen and oxygen atoms in total. The van der Waals surface area contributed by atoms with Crippen LogP contribution < -0.4 is 0 Å². The highest BCUT2D eigenvalue weighted by Gasteiger charge is 2.19. The van der Waals surface area contributed by atoms with Crippen molar-refractivity contribution in [3.63, 3.8) is 0 Å². The molecule has 0 amide bonds. The summed E-state index contributed by atoms with van der Waals surface area (Å²) in [7, 11) is 0. The number of thiophene rings is 2. The molecule has 0 bridgehead atoms. The van der Waals surface area contributed by atoms with Crippen LogP contribution in [0, 0.1) is 0 Å². The number of benzene rings is 9. The summed E-state index contributed by atoms with van der Waals surface area (Å²) in [5.41, 5.74) is 12.9. The molecule has 9 aromatic carbocycles. The number of fused-ring (bicyclic) bond motifs is 12. The average Bonchev–Trinajstić information content (AvgIpc) is 3.99. The van der Waals surface area contributed by atoms with Crippen molar-refractivity contribution in [2.45, 2.75) is 0 Å². The van der Waals surface area contributed by atoms with Crippen molar-refractivity contribution in [3.8, 4) is 44.6 Å². The van der Waals surface area contributed by atoms with Crippen LogP contribution >= 0.6 is 22.7 Å². The van der Waals surface area contributed by atoms with Gasteiger partial charge in [-0.1, -0.05) is 158 Å². The highest BCUT2D eigenvalue weighted by Crippen LogP contribution is 2.44. The smallest absolute Gasteiger partial charge is 0.156 e. The fourth-order valence-corrected chi connectivity index (χ4v) is 11.8. The second kappa shape index (κ2) is 12.7. The summed E-state index contributed by atoms with van der Waals surface area (Å²) in [5.74, 6) is 0. The number of rotatable bonds is 4. The number of aromatic nitrogens is 2. The van der Waals surface area contributed by atoms with Crippen molar-refractivity contribution in [3.05, 3.63) is 194 Å². The van der Waals surface area contributed by atoms with Gasteiger partial charge in [-0.3, -0.25) is 4.40 Å².